The molecule has 36 heavy (non-hydrogen) atoms. The summed E-state index contributed by atoms with van der Waals surface area (Å²) in [6.45, 7) is -0.189. The minimum absolute atomic E-state index is 0.0619. The summed E-state index contributed by atoms with van der Waals surface area (Å²) in [6, 6.07) is 16.5. The minimum atomic E-state index is -0.602. The van der Waals surface area contributed by atoms with Crippen LogP contribution in [0.15, 0.2) is 59.5 Å². The Bertz CT molecular complexity index is 1420. The predicted octanol–water partition coefficient (Wildman–Crippen LogP) is 6.83. The van der Waals surface area contributed by atoms with E-state index in [4.69, 9.17) is 32.7 Å². The SMILES string of the molecule is COc1cc(/C=C2\SC(=O)N(Cc3c(F)cccc3Cl)C2=O)cc(Cl)c1OCc1ccccc1C#N. The van der Waals surface area contributed by atoms with Gasteiger partial charge in [0.05, 0.1) is 35.2 Å². The molecule has 2 amide bonds. The van der Waals surface area contributed by atoms with E-state index in [9.17, 15) is 19.2 Å². The third-order valence-electron chi connectivity index (χ3n) is 5.31. The maximum absolute atomic E-state index is 14.2. The summed E-state index contributed by atoms with van der Waals surface area (Å²) in [7, 11) is 1.44. The number of benzene rings is 3. The van der Waals surface area contributed by atoms with Crippen molar-refractivity contribution in [2.45, 2.75) is 13.2 Å². The molecule has 0 aromatic heterocycles. The molecule has 0 saturated carbocycles. The lowest BCUT2D eigenvalue weighted by Gasteiger charge is -2.14. The van der Waals surface area contributed by atoms with Gasteiger partial charge in [0.15, 0.2) is 11.5 Å². The smallest absolute Gasteiger partial charge is 0.293 e. The molecule has 1 aliphatic heterocycles. The highest BCUT2D eigenvalue weighted by atomic mass is 35.5. The van der Waals surface area contributed by atoms with E-state index in [0.717, 1.165) is 16.7 Å². The van der Waals surface area contributed by atoms with Crippen molar-refractivity contribution in [3.05, 3.63) is 97.6 Å². The molecule has 1 fully saturated rings. The van der Waals surface area contributed by atoms with Gasteiger partial charge in [-0.25, -0.2) is 4.39 Å². The van der Waals surface area contributed by atoms with Crippen LogP contribution in [0, 0.1) is 17.1 Å². The Balaban J connectivity index is 1.56. The maximum atomic E-state index is 14.2. The molecule has 1 heterocycles. The van der Waals surface area contributed by atoms with E-state index in [0.29, 0.717) is 22.4 Å². The van der Waals surface area contributed by atoms with E-state index in [1.54, 1.807) is 36.4 Å². The van der Waals surface area contributed by atoms with Gasteiger partial charge in [-0.15, -0.1) is 0 Å². The van der Waals surface area contributed by atoms with Crippen molar-refractivity contribution in [3.8, 4) is 17.6 Å². The Morgan fingerprint density at radius 1 is 1.11 bits per heavy atom. The van der Waals surface area contributed by atoms with Crippen molar-refractivity contribution in [1.29, 1.82) is 5.26 Å². The van der Waals surface area contributed by atoms with Crippen LogP contribution in [0.4, 0.5) is 9.18 Å². The minimum Gasteiger partial charge on any atom is -0.493 e. The average Bonchev–Trinajstić information content (AvgIpc) is 3.12. The number of methoxy groups -OCH3 is 1. The van der Waals surface area contributed by atoms with Gasteiger partial charge in [0, 0.05) is 16.1 Å². The number of nitrogens with zero attached hydrogens (tertiary/aromatic N) is 2. The highest BCUT2D eigenvalue weighted by Crippen LogP contribution is 2.40. The Kier molecular flexibility index (Phi) is 7.85. The van der Waals surface area contributed by atoms with E-state index in [1.807, 2.05) is 0 Å². The monoisotopic (exact) mass is 542 g/mol. The number of halogens is 3. The maximum Gasteiger partial charge on any atom is 0.293 e. The zero-order valence-electron chi connectivity index (χ0n) is 18.8. The Labute approximate surface area is 220 Å². The number of imide groups is 1. The van der Waals surface area contributed by atoms with E-state index in [1.165, 1.54) is 31.4 Å². The Morgan fingerprint density at radius 2 is 1.89 bits per heavy atom. The average molecular weight is 543 g/mol. The van der Waals surface area contributed by atoms with Crippen LogP contribution < -0.4 is 9.47 Å². The van der Waals surface area contributed by atoms with Crippen molar-refractivity contribution >= 4 is 52.2 Å². The number of thioether (sulfide) groups is 1. The van der Waals surface area contributed by atoms with Gasteiger partial charge in [0.25, 0.3) is 11.1 Å². The number of hydrogen-bond acceptors (Lipinski definition) is 6. The first-order valence-electron chi connectivity index (χ1n) is 10.5. The predicted molar refractivity (Wildman–Crippen MR) is 136 cm³/mol. The van der Waals surface area contributed by atoms with Gasteiger partial charge in [-0.2, -0.15) is 5.26 Å². The molecule has 0 bridgehead atoms. The fourth-order valence-corrected chi connectivity index (χ4v) is 4.83. The van der Waals surface area contributed by atoms with Crippen LogP contribution in [-0.4, -0.2) is 23.2 Å². The fraction of sp³-hybridized carbons (Fsp3) is 0.115. The van der Waals surface area contributed by atoms with Crippen molar-refractivity contribution < 1.29 is 23.5 Å². The first-order chi connectivity index (χ1) is 17.3. The lowest BCUT2D eigenvalue weighted by molar-refractivity contribution is -0.123. The number of nitriles is 1. The van der Waals surface area contributed by atoms with Crippen LogP contribution in [-0.2, 0) is 17.9 Å². The second-order valence-corrected chi connectivity index (χ2v) is 9.37. The molecule has 0 aliphatic carbocycles. The molecule has 3 aromatic carbocycles. The quantitative estimate of drug-likeness (QED) is 0.304. The highest BCUT2D eigenvalue weighted by Gasteiger charge is 2.36. The molecule has 4 rings (SSSR count). The van der Waals surface area contributed by atoms with Crippen molar-refractivity contribution in [2.75, 3.05) is 7.11 Å². The van der Waals surface area contributed by atoms with Crippen LogP contribution in [0.1, 0.15) is 22.3 Å². The molecule has 0 atom stereocenters. The standard InChI is InChI=1S/C26H17Cl2FN2O4S/c1-34-22-10-15(9-20(28)24(22)35-14-17-6-3-2-5-16(17)12-30)11-23-25(32)31(26(33)36-23)13-18-19(27)7-4-8-21(18)29/h2-11H,13-14H2,1H3/b23-11-. The van der Waals surface area contributed by atoms with Crippen LogP contribution >= 0.6 is 35.0 Å². The molecule has 3 aromatic rings. The summed E-state index contributed by atoms with van der Waals surface area (Å²) >= 11 is 13.2. The molecular weight excluding hydrogens is 526 g/mol. The van der Waals surface area contributed by atoms with Crippen molar-refractivity contribution in [2.24, 2.45) is 0 Å². The van der Waals surface area contributed by atoms with Gasteiger partial charge >= 0.3 is 0 Å². The summed E-state index contributed by atoms with van der Waals surface area (Å²) in [6.07, 6.45) is 1.50. The van der Waals surface area contributed by atoms with Gasteiger partial charge < -0.3 is 9.47 Å². The van der Waals surface area contributed by atoms with Crippen molar-refractivity contribution in [3.63, 3.8) is 0 Å². The molecule has 1 aliphatic rings. The summed E-state index contributed by atoms with van der Waals surface area (Å²) in [4.78, 5) is 26.5. The Hall–Kier alpha value is -3.51. The summed E-state index contributed by atoms with van der Waals surface area (Å²) < 4.78 is 25.4. The molecule has 0 unspecified atom stereocenters. The third-order valence-corrected chi connectivity index (χ3v) is 6.85. The number of carbonyl (C=O) groups excluding carboxylic acids is 2. The lowest BCUT2D eigenvalue weighted by atomic mass is 10.1. The molecule has 6 nitrogen and oxygen atoms in total. The topological polar surface area (TPSA) is 79.6 Å². The molecular formula is C26H17Cl2FN2O4S. The second-order valence-electron chi connectivity index (χ2n) is 7.56. The fourth-order valence-electron chi connectivity index (χ4n) is 3.50. The van der Waals surface area contributed by atoms with Gasteiger partial charge in [-0.1, -0.05) is 47.5 Å². The van der Waals surface area contributed by atoms with Gasteiger partial charge in [-0.3, -0.25) is 14.5 Å². The number of rotatable bonds is 7. The van der Waals surface area contributed by atoms with Crippen LogP contribution in [0.25, 0.3) is 6.08 Å². The van der Waals surface area contributed by atoms with E-state index in [2.05, 4.69) is 6.07 Å². The van der Waals surface area contributed by atoms with Crippen LogP contribution in [0.2, 0.25) is 10.0 Å². The van der Waals surface area contributed by atoms with E-state index in [-0.39, 0.29) is 39.4 Å². The molecule has 1 saturated heterocycles. The first-order valence-corrected chi connectivity index (χ1v) is 12.1. The Morgan fingerprint density at radius 3 is 2.61 bits per heavy atom. The van der Waals surface area contributed by atoms with Crippen LogP contribution in [0.5, 0.6) is 11.5 Å². The summed E-state index contributed by atoms with van der Waals surface area (Å²) in [5, 5.41) is 9.07. The normalized spacial score (nSPS) is 14.3. The molecule has 0 radical (unpaired) electrons. The van der Waals surface area contributed by atoms with Gasteiger partial charge in [0.2, 0.25) is 0 Å². The molecule has 10 heteroatoms. The number of ether oxygens (including phenoxy) is 2. The summed E-state index contributed by atoms with van der Waals surface area (Å²) in [5.74, 6) is -0.602. The molecule has 0 spiro atoms. The van der Waals surface area contributed by atoms with E-state index >= 15 is 0 Å². The number of amides is 2. The van der Waals surface area contributed by atoms with E-state index < -0.39 is 17.0 Å². The third kappa shape index (κ3) is 5.34. The molecule has 0 N–H and O–H groups in total. The lowest BCUT2D eigenvalue weighted by Crippen LogP contribution is -2.28. The number of carbonyl (C=O) groups is 2. The highest BCUT2D eigenvalue weighted by molar-refractivity contribution is 8.18. The summed E-state index contributed by atoms with van der Waals surface area (Å²) in [5.41, 5.74) is 1.73. The number of hydrogen-bond donors (Lipinski definition) is 0. The van der Waals surface area contributed by atoms with Gasteiger partial charge in [0.1, 0.15) is 12.4 Å². The first kappa shape index (κ1) is 25.6. The zero-order valence-corrected chi connectivity index (χ0v) is 21.1. The van der Waals surface area contributed by atoms with Gasteiger partial charge in [-0.05, 0) is 53.7 Å². The second kappa shape index (κ2) is 11.0. The molecule has 182 valence electrons. The largest absolute Gasteiger partial charge is 0.493 e. The van der Waals surface area contributed by atoms with Crippen LogP contribution in [0.3, 0.4) is 0 Å². The zero-order chi connectivity index (χ0) is 25.8. The van der Waals surface area contributed by atoms with Crippen molar-refractivity contribution in [1.82, 2.24) is 4.90 Å².